The Morgan fingerprint density at radius 3 is 1.76 bits per heavy atom. The molecule has 0 heterocycles. The van der Waals surface area contributed by atoms with Gasteiger partial charge in [-0.1, -0.05) is 0 Å². The third-order valence-electron chi connectivity index (χ3n) is 3.23. The molecule has 0 aliphatic heterocycles. The van der Waals surface area contributed by atoms with Crippen molar-refractivity contribution in [2.45, 2.75) is 20.8 Å². The van der Waals surface area contributed by atoms with Crippen molar-refractivity contribution in [2.24, 2.45) is 0 Å². The van der Waals surface area contributed by atoms with Crippen molar-refractivity contribution in [3.05, 3.63) is 48.0 Å². The predicted octanol–water partition coefficient (Wildman–Crippen LogP) is 3.52. The summed E-state index contributed by atoms with van der Waals surface area (Å²) in [4.78, 5) is 2.31. The molecular weight excluding hydrogens is 264 g/mol. The Balaban J connectivity index is 0.000000235. The van der Waals surface area contributed by atoms with Gasteiger partial charge in [-0.15, -0.1) is 0 Å². The lowest BCUT2D eigenvalue weighted by atomic mass is 10.1. The number of nitrogen functional groups attached to an aromatic ring is 1. The van der Waals surface area contributed by atoms with Gasteiger partial charge in [-0.05, 0) is 68.8 Å². The van der Waals surface area contributed by atoms with Gasteiger partial charge in [0.2, 0.25) is 0 Å². The van der Waals surface area contributed by atoms with Crippen LogP contribution in [0.1, 0.15) is 19.4 Å². The van der Waals surface area contributed by atoms with Crippen LogP contribution in [0.25, 0.3) is 0 Å². The van der Waals surface area contributed by atoms with Crippen LogP contribution in [0.3, 0.4) is 0 Å². The number of aromatic hydroxyl groups is 2. The third-order valence-corrected chi connectivity index (χ3v) is 3.23. The fourth-order valence-electron chi connectivity index (χ4n) is 1.90. The summed E-state index contributed by atoms with van der Waals surface area (Å²) in [7, 11) is 0. The van der Waals surface area contributed by atoms with E-state index in [0.29, 0.717) is 0 Å². The molecule has 0 saturated carbocycles. The Bertz CT molecular complexity index is 528. The Hall–Kier alpha value is -2.36. The van der Waals surface area contributed by atoms with Crippen molar-refractivity contribution in [3.63, 3.8) is 0 Å². The van der Waals surface area contributed by atoms with Crippen LogP contribution in [0.2, 0.25) is 0 Å². The minimum Gasteiger partial charge on any atom is -0.508 e. The molecule has 0 unspecified atom stereocenters. The first-order chi connectivity index (χ1) is 9.97. The van der Waals surface area contributed by atoms with Gasteiger partial charge in [-0.25, -0.2) is 0 Å². The average molecular weight is 288 g/mol. The highest BCUT2D eigenvalue weighted by Crippen LogP contribution is 2.20. The molecule has 21 heavy (non-hydrogen) atoms. The molecule has 0 aliphatic rings. The number of benzene rings is 2. The van der Waals surface area contributed by atoms with Gasteiger partial charge < -0.3 is 20.8 Å². The molecule has 0 spiro atoms. The van der Waals surface area contributed by atoms with E-state index >= 15 is 0 Å². The summed E-state index contributed by atoms with van der Waals surface area (Å²) in [5, 5.41) is 17.3. The monoisotopic (exact) mass is 288 g/mol. The number of hydrogen-bond donors (Lipinski definition) is 3. The zero-order chi connectivity index (χ0) is 15.8. The highest BCUT2D eigenvalue weighted by molar-refractivity contribution is 5.57. The summed E-state index contributed by atoms with van der Waals surface area (Å²) < 4.78 is 0. The number of rotatable bonds is 3. The van der Waals surface area contributed by atoms with Gasteiger partial charge in [0.15, 0.2) is 0 Å². The molecule has 2 rings (SSSR count). The van der Waals surface area contributed by atoms with Crippen LogP contribution >= 0.6 is 0 Å². The normalized spacial score (nSPS) is 9.67. The number of nitrogens with two attached hydrogens (primary N) is 1. The van der Waals surface area contributed by atoms with Gasteiger partial charge in [-0.2, -0.15) is 0 Å². The van der Waals surface area contributed by atoms with E-state index in [4.69, 9.17) is 15.9 Å². The van der Waals surface area contributed by atoms with E-state index in [1.165, 1.54) is 30.0 Å². The third kappa shape index (κ3) is 5.26. The molecule has 2 aromatic rings. The van der Waals surface area contributed by atoms with E-state index in [1.54, 1.807) is 0 Å². The van der Waals surface area contributed by atoms with Crippen molar-refractivity contribution in [3.8, 4) is 11.5 Å². The van der Waals surface area contributed by atoms with Crippen LogP contribution in [0.5, 0.6) is 11.5 Å². The first-order valence-electron chi connectivity index (χ1n) is 7.07. The predicted molar refractivity (Wildman–Crippen MR) is 88.9 cm³/mol. The quantitative estimate of drug-likeness (QED) is 0.597. The van der Waals surface area contributed by atoms with Crippen molar-refractivity contribution >= 4 is 11.4 Å². The zero-order valence-electron chi connectivity index (χ0n) is 12.9. The maximum absolute atomic E-state index is 8.65. The van der Waals surface area contributed by atoms with Gasteiger partial charge in [0, 0.05) is 24.5 Å². The summed E-state index contributed by atoms with van der Waals surface area (Å²) in [5.41, 5.74) is 9.04. The standard InChI is InChI=1S/C11H18N2.C6H6O2/c1-4-13(5-2)10-6-7-11(12)9(3)8-10;7-5-1-2-6(8)4-3-5/h6-8H,4-5,12H2,1-3H3;1-4,7-8H. The zero-order valence-corrected chi connectivity index (χ0v) is 12.9. The number of phenols is 2. The highest BCUT2D eigenvalue weighted by atomic mass is 16.3. The van der Waals surface area contributed by atoms with Crippen molar-refractivity contribution in [1.82, 2.24) is 0 Å². The van der Waals surface area contributed by atoms with Crippen LogP contribution in [0, 0.1) is 6.92 Å². The Morgan fingerprint density at radius 1 is 0.905 bits per heavy atom. The first kappa shape index (κ1) is 16.7. The van der Waals surface area contributed by atoms with Gasteiger partial charge in [0.05, 0.1) is 0 Å². The second-order valence-corrected chi connectivity index (χ2v) is 4.73. The summed E-state index contributed by atoms with van der Waals surface area (Å²) in [6, 6.07) is 11.9. The molecule has 0 aromatic heterocycles. The highest BCUT2D eigenvalue weighted by Gasteiger charge is 2.02. The minimum absolute atomic E-state index is 0.169. The molecular formula is C17H24N2O2. The van der Waals surface area contributed by atoms with Crippen molar-refractivity contribution in [2.75, 3.05) is 23.7 Å². The minimum atomic E-state index is 0.169. The molecule has 4 nitrogen and oxygen atoms in total. The van der Waals surface area contributed by atoms with Gasteiger partial charge in [-0.3, -0.25) is 0 Å². The lowest BCUT2D eigenvalue weighted by molar-refractivity contribution is 0.460. The Morgan fingerprint density at radius 2 is 1.38 bits per heavy atom. The molecule has 2 aromatic carbocycles. The topological polar surface area (TPSA) is 69.7 Å². The number of hydrogen-bond acceptors (Lipinski definition) is 4. The van der Waals surface area contributed by atoms with Crippen LogP contribution < -0.4 is 10.6 Å². The van der Waals surface area contributed by atoms with E-state index in [0.717, 1.165) is 24.3 Å². The smallest absolute Gasteiger partial charge is 0.115 e. The molecule has 0 amide bonds. The molecule has 0 fully saturated rings. The summed E-state index contributed by atoms with van der Waals surface area (Å²) in [5.74, 6) is 0.339. The van der Waals surface area contributed by atoms with Crippen molar-refractivity contribution in [1.29, 1.82) is 0 Å². The number of anilines is 2. The van der Waals surface area contributed by atoms with Crippen LogP contribution in [0.4, 0.5) is 11.4 Å². The molecule has 0 radical (unpaired) electrons. The number of phenolic OH excluding ortho intramolecular Hbond substituents is 2. The van der Waals surface area contributed by atoms with Crippen molar-refractivity contribution < 1.29 is 10.2 Å². The fraction of sp³-hybridized carbons (Fsp3) is 0.294. The largest absolute Gasteiger partial charge is 0.508 e. The van der Waals surface area contributed by atoms with Crippen LogP contribution in [-0.2, 0) is 0 Å². The van der Waals surface area contributed by atoms with Crippen LogP contribution in [-0.4, -0.2) is 23.3 Å². The summed E-state index contributed by atoms with van der Waals surface area (Å²) in [6.45, 7) is 8.45. The molecule has 0 atom stereocenters. The second kappa shape index (κ2) is 8.04. The molecule has 4 N–H and O–H groups in total. The van der Waals surface area contributed by atoms with E-state index < -0.39 is 0 Å². The van der Waals surface area contributed by atoms with E-state index in [1.807, 2.05) is 13.0 Å². The maximum Gasteiger partial charge on any atom is 0.115 e. The van der Waals surface area contributed by atoms with Gasteiger partial charge in [0.25, 0.3) is 0 Å². The lowest BCUT2D eigenvalue weighted by Crippen LogP contribution is -2.21. The molecule has 114 valence electrons. The van der Waals surface area contributed by atoms with Crippen LogP contribution in [0.15, 0.2) is 42.5 Å². The van der Waals surface area contributed by atoms with E-state index in [2.05, 4.69) is 30.9 Å². The molecule has 4 heteroatoms. The first-order valence-corrected chi connectivity index (χ1v) is 7.07. The van der Waals surface area contributed by atoms with E-state index in [9.17, 15) is 0 Å². The SMILES string of the molecule is CCN(CC)c1ccc(N)c(C)c1.Oc1ccc(O)cc1. The average Bonchev–Trinajstić information content (AvgIpc) is 2.48. The maximum atomic E-state index is 8.65. The molecule has 0 bridgehead atoms. The van der Waals surface area contributed by atoms with Gasteiger partial charge >= 0.3 is 0 Å². The van der Waals surface area contributed by atoms with Gasteiger partial charge in [0.1, 0.15) is 11.5 Å². The number of aryl methyl sites for hydroxylation is 1. The fourth-order valence-corrected chi connectivity index (χ4v) is 1.90. The molecule has 0 saturated heterocycles. The summed E-state index contributed by atoms with van der Waals surface area (Å²) >= 11 is 0. The van der Waals surface area contributed by atoms with E-state index in [-0.39, 0.29) is 11.5 Å². The number of nitrogens with zero attached hydrogens (tertiary/aromatic N) is 1. The Kier molecular flexibility index (Phi) is 6.40. The lowest BCUT2D eigenvalue weighted by Gasteiger charge is -2.21. The molecule has 0 aliphatic carbocycles. The summed E-state index contributed by atoms with van der Waals surface area (Å²) in [6.07, 6.45) is 0. The second-order valence-electron chi connectivity index (χ2n) is 4.73. The Labute approximate surface area is 126 Å².